The van der Waals surface area contributed by atoms with Gasteiger partial charge in [-0.25, -0.2) is 14.5 Å². The minimum Gasteiger partial charge on any atom is -0.478 e. The third kappa shape index (κ3) is 2.03. The maximum absolute atomic E-state index is 11.1. The Balaban J connectivity index is 1.91. The number of aromatic nitrogens is 5. The van der Waals surface area contributed by atoms with Crippen molar-refractivity contribution >= 4 is 17.0 Å². The molecule has 0 atom stereocenters. The predicted octanol–water partition coefficient (Wildman–Crippen LogP) is 1.11. The molecule has 1 aromatic carbocycles. The molecule has 3 rings (SSSR count). The van der Waals surface area contributed by atoms with E-state index in [1.807, 2.05) is 23.9 Å². The molecule has 7 nitrogen and oxygen atoms in total. The fraction of sp³-hybridized carbons (Fsp3) is 0.231. The molecule has 0 aliphatic rings. The van der Waals surface area contributed by atoms with Crippen molar-refractivity contribution in [3.63, 3.8) is 0 Å². The fourth-order valence-corrected chi connectivity index (χ4v) is 2.17. The van der Waals surface area contributed by atoms with Crippen LogP contribution in [0.1, 0.15) is 16.2 Å². The Morgan fingerprint density at radius 3 is 2.95 bits per heavy atom. The van der Waals surface area contributed by atoms with Gasteiger partial charge in [0.2, 0.25) is 0 Å². The van der Waals surface area contributed by atoms with Crippen LogP contribution in [0, 0.1) is 0 Å². The van der Waals surface area contributed by atoms with Crippen molar-refractivity contribution in [2.75, 3.05) is 0 Å². The molecule has 0 unspecified atom stereocenters. The molecule has 0 radical (unpaired) electrons. The number of aryl methyl sites for hydroxylation is 3. The first kappa shape index (κ1) is 12.3. The molecule has 0 spiro atoms. The van der Waals surface area contributed by atoms with Gasteiger partial charge in [0.25, 0.3) is 0 Å². The Bertz CT molecular complexity index is 774. The minimum absolute atomic E-state index is 0.172. The number of carboxylic acids is 1. The van der Waals surface area contributed by atoms with Gasteiger partial charge in [0.15, 0.2) is 0 Å². The summed E-state index contributed by atoms with van der Waals surface area (Å²) < 4.78 is 3.65. The number of imidazole rings is 1. The highest BCUT2D eigenvalue weighted by atomic mass is 16.4. The van der Waals surface area contributed by atoms with Gasteiger partial charge in [-0.3, -0.25) is 0 Å². The molecule has 20 heavy (non-hydrogen) atoms. The van der Waals surface area contributed by atoms with Gasteiger partial charge in [0.05, 0.1) is 17.6 Å². The molecule has 102 valence electrons. The predicted molar refractivity (Wildman–Crippen MR) is 71.4 cm³/mol. The van der Waals surface area contributed by atoms with Crippen LogP contribution in [0.2, 0.25) is 0 Å². The number of carbonyl (C=O) groups is 1. The molecule has 7 heteroatoms. The van der Waals surface area contributed by atoms with E-state index in [-0.39, 0.29) is 5.56 Å². The standard InChI is InChI=1S/C13H13N5O2/c1-17-8-6-14-11(17)5-7-18-10-4-2-3-9(13(19)20)12(10)15-16-18/h2-4,6,8H,5,7H2,1H3,(H,19,20). The molecule has 2 aromatic heterocycles. The van der Waals surface area contributed by atoms with Gasteiger partial charge >= 0.3 is 5.97 Å². The van der Waals surface area contributed by atoms with Crippen molar-refractivity contribution in [1.82, 2.24) is 24.5 Å². The van der Waals surface area contributed by atoms with Gasteiger partial charge in [-0.05, 0) is 12.1 Å². The summed E-state index contributed by atoms with van der Waals surface area (Å²) in [5, 5.41) is 17.1. The van der Waals surface area contributed by atoms with E-state index in [1.165, 1.54) is 6.07 Å². The zero-order chi connectivity index (χ0) is 14.1. The molecule has 2 heterocycles. The monoisotopic (exact) mass is 271 g/mol. The summed E-state index contributed by atoms with van der Waals surface area (Å²) in [6.07, 6.45) is 4.34. The molecular formula is C13H13N5O2. The molecule has 0 aliphatic heterocycles. The van der Waals surface area contributed by atoms with E-state index in [0.29, 0.717) is 18.5 Å². The first-order valence-electron chi connectivity index (χ1n) is 6.18. The van der Waals surface area contributed by atoms with E-state index in [4.69, 9.17) is 5.11 Å². The third-order valence-electron chi connectivity index (χ3n) is 3.24. The van der Waals surface area contributed by atoms with Crippen molar-refractivity contribution < 1.29 is 9.90 Å². The number of rotatable bonds is 4. The number of aromatic carboxylic acids is 1. The van der Waals surface area contributed by atoms with Crippen LogP contribution in [0.15, 0.2) is 30.6 Å². The normalized spacial score (nSPS) is 11.1. The van der Waals surface area contributed by atoms with E-state index in [9.17, 15) is 4.79 Å². The fourth-order valence-electron chi connectivity index (χ4n) is 2.17. The first-order chi connectivity index (χ1) is 9.66. The molecule has 0 aliphatic carbocycles. The largest absolute Gasteiger partial charge is 0.478 e. The second kappa shape index (κ2) is 4.76. The van der Waals surface area contributed by atoms with E-state index in [2.05, 4.69) is 15.3 Å². The lowest BCUT2D eigenvalue weighted by atomic mass is 10.2. The van der Waals surface area contributed by atoms with Gasteiger partial charge in [-0.2, -0.15) is 0 Å². The second-order valence-electron chi connectivity index (χ2n) is 4.50. The molecule has 1 N–H and O–H groups in total. The van der Waals surface area contributed by atoms with Crippen molar-refractivity contribution in [2.24, 2.45) is 7.05 Å². The van der Waals surface area contributed by atoms with E-state index in [1.54, 1.807) is 16.9 Å². The summed E-state index contributed by atoms with van der Waals surface area (Å²) in [7, 11) is 1.93. The molecular weight excluding hydrogens is 258 g/mol. The highest BCUT2D eigenvalue weighted by Gasteiger charge is 2.13. The number of hydrogen-bond acceptors (Lipinski definition) is 4. The van der Waals surface area contributed by atoms with Gasteiger partial charge in [0.1, 0.15) is 11.3 Å². The highest BCUT2D eigenvalue weighted by Crippen LogP contribution is 2.16. The van der Waals surface area contributed by atoms with Gasteiger partial charge in [-0.1, -0.05) is 11.3 Å². The highest BCUT2D eigenvalue weighted by molar-refractivity contribution is 6.00. The van der Waals surface area contributed by atoms with E-state index in [0.717, 1.165) is 11.3 Å². The number of hydrogen-bond donors (Lipinski definition) is 1. The smallest absolute Gasteiger partial charge is 0.338 e. The maximum Gasteiger partial charge on any atom is 0.338 e. The van der Waals surface area contributed by atoms with Gasteiger partial charge in [-0.15, -0.1) is 5.10 Å². The SMILES string of the molecule is Cn1ccnc1CCn1nnc2c(C(=O)O)cccc21. The summed E-state index contributed by atoms with van der Waals surface area (Å²) in [6.45, 7) is 0.602. The van der Waals surface area contributed by atoms with E-state index < -0.39 is 5.97 Å². The lowest BCUT2D eigenvalue weighted by Gasteiger charge is -2.03. The van der Waals surface area contributed by atoms with Crippen LogP contribution in [-0.4, -0.2) is 35.6 Å². The molecule has 0 amide bonds. The summed E-state index contributed by atoms with van der Waals surface area (Å²) >= 11 is 0. The molecule has 3 aromatic rings. The van der Waals surface area contributed by atoms with Crippen LogP contribution >= 0.6 is 0 Å². The lowest BCUT2D eigenvalue weighted by molar-refractivity contribution is 0.0699. The number of nitrogens with zero attached hydrogens (tertiary/aromatic N) is 5. The number of benzene rings is 1. The molecule has 0 fully saturated rings. The van der Waals surface area contributed by atoms with Gasteiger partial charge < -0.3 is 9.67 Å². The minimum atomic E-state index is -0.994. The zero-order valence-electron chi connectivity index (χ0n) is 10.9. The van der Waals surface area contributed by atoms with Crippen LogP contribution in [0.5, 0.6) is 0 Å². The van der Waals surface area contributed by atoms with Crippen LogP contribution in [0.25, 0.3) is 11.0 Å². The molecule has 0 saturated carbocycles. The summed E-state index contributed by atoms with van der Waals surface area (Å²) in [5.41, 5.74) is 1.31. The molecule has 0 bridgehead atoms. The Kier molecular flexibility index (Phi) is 2.94. The Hall–Kier alpha value is -2.70. The first-order valence-corrected chi connectivity index (χ1v) is 6.18. The third-order valence-corrected chi connectivity index (χ3v) is 3.24. The maximum atomic E-state index is 11.1. The summed E-state index contributed by atoms with van der Waals surface area (Å²) in [4.78, 5) is 15.4. The molecule has 0 saturated heterocycles. The average molecular weight is 271 g/mol. The second-order valence-corrected chi connectivity index (χ2v) is 4.50. The average Bonchev–Trinajstić information content (AvgIpc) is 3.02. The Morgan fingerprint density at radius 2 is 2.25 bits per heavy atom. The quantitative estimate of drug-likeness (QED) is 0.768. The topological polar surface area (TPSA) is 85.8 Å². The Labute approximate surface area is 114 Å². The van der Waals surface area contributed by atoms with E-state index >= 15 is 0 Å². The van der Waals surface area contributed by atoms with Crippen LogP contribution in [0.3, 0.4) is 0 Å². The summed E-state index contributed by atoms with van der Waals surface area (Å²) in [6, 6.07) is 5.05. The van der Waals surface area contributed by atoms with Crippen molar-refractivity contribution in [3.05, 3.63) is 42.0 Å². The van der Waals surface area contributed by atoms with Crippen molar-refractivity contribution in [2.45, 2.75) is 13.0 Å². The number of carboxylic acid groups (broad SMARTS) is 1. The van der Waals surface area contributed by atoms with Crippen molar-refractivity contribution in [1.29, 1.82) is 0 Å². The summed E-state index contributed by atoms with van der Waals surface area (Å²) in [5.74, 6) is -0.0465. The van der Waals surface area contributed by atoms with Crippen LogP contribution in [0.4, 0.5) is 0 Å². The Morgan fingerprint density at radius 1 is 1.40 bits per heavy atom. The van der Waals surface area contributed by atoms with Gasteiger partial charge in [0, 0.05) is 25.9 Å². The lowest BCUT2D eigenvalue weighted by Crippen LogP contribution is -2.07. The van der Waals surface area contributed by atoms with Crippen LogP contribution < -0.4 is 0 Å². The zero-order valence-corrected chi connectivity index (χ0v) is 10.9. The number of fused-ring (bicyclic) bond motifs is 1. The van der Waals surface area contributed by atoms with Crippen molar-refractivity contribution in [3.8, 4) is 0 Å². The van der Waals surface area contributed by atoms with Crippen LogP contribution in [-0.2, 0) is 20.0 Å².